The number of alkyl halides is 2. The van der Waals surface area contributed by atoms with Gasteiger partial charge in [0.1, 0.15) is 9.96 Å². The number of hydrogen-bond donors (Lipinski definition) is 1. The molecule has 0 radical (unpaired) electrons. The molecule has 1 aromatic carbocycles. The summed E-state index contributed by atoms with van der Waals surface area (Å²) in [5.74, 6) is -0.196. The molecule has 158 valence electrons. The van der Waals surface area contributed by atoms with Crippen LogP contribution in [0.4, 0.5) is 8.78 Å². The van der Waals surface area contributed by atoms with E-state index >= 15 is 0 Å². The molecular weight excluding hydrogens is 422 g/mol. The van der Waals surface area contributed by atoms with Gasteiger partial charge in [0, 0.05) is 24.5 Å². The molecule has 1 N–H and O–H groups in total. The summed E-state index contributed by atoms with van der Waals surface area (Å²) in [6, 6.07) is 9.21. The van der Waals surface area contributed by atoms with Crippen molar-refractivity contribution < 1.29 is 26.7 Å². The van der Waals surface area contributed by atoms with E-state index in [2.05, 4.69) is 10.1 Å². The fourth-order valence-electron chi connectivity index (χ4n) is 3.03. The van der Waals surface area contributed by atoms with Gasteiger partial charge < -0.3 is 10.1 Å². The summed E-state index contributed by atoms with van der Waals surface area (Å²) in [5.41, 5.74) is 0.736. The molecule has 0 unspecified atom stereocenters. The zero-order valence-electron chi connectivity index (χ0n) is 15.6. The van der Waals surface area contributed by atoms with Gasteiger partial charge in [-0.2, -0.15) is 13.1 Å². The van der Waals surface area contributed by atoms with Crippen LogP contribution in [0.15, 0.2) is 40.6 Å². The van der Waals surface area contributed by atoms with Crippen molar-refractivity contribution in [1.82, 2.24) is 9.62 Å². The van der Waals surface area contributed by atoms with Crippen LogP contribution in [0.3, 0.4) is 0 Å². The van der Waals surface area contributed by atoms with Gasteiger partial charge in [0.2, 0.25) is 5.91 Å². The molecule has 0 bridgehead atoms. The van der Waals surface area contributed by atoms with Gasteiger partial charge in [-0.05, 0) is 42.7 Å². The fourth-order valence-corrected chi connectivity index (χ4v) is 6.06. The number of hydrogen-bond acceptors (Lipinski definition) is 5. The largest absolute Gasteiger partial charge is 0.435 e. The van der Waals surface area contributed by atoms with Gasteiger partial charge >= 0.3 is 6.61 Å². The lowest BCUT2D eigenvalue weighted by molar-refractivity contribution is -0.120. The Hall–Kier alpha value is -2.04. The van der Waals surface area contributed by atoms with Gasteiger partial charge in [-0.1, -0.05) is 18.6 Å². The molecule has 1 saturated heterocycles. The van der Waals surface area contributed by atoms with Gasteiger partial charge in [-0.25, -0.2) is 8.42 Å². The Kier molecular flexibility index (Phi) is 7.20. The minimum absolute atomic E-state index is 0.0520. The van der Waals surface area contributed by atoms with Crippen LogP contribution in [-0.4, -0.2) is 38.3 Å². The summed E-state index contributed by atoms with van der Waals surface area (Å²) < 4.78 is 55.7. The van der Waals surface area contributed by atoms with E-state index in [0.717, 1.165) is 36.2 Å². The molecule has 0 aliphatic carbocycles. The van der Waals surface area contributed by atoms with Crippen molar-refractivity contribution in [2.45, 2.75) is 43.0 Å². The number of rotatable bonds is 8. The highest BCUT2D eigenvalue weighted by Crippen LogP contribution is 2.27. The van der Waals surface area contributed by atoms with Crippen LogP contribution < -0.4 is 10.1 Å². The second-order valence-electron chi connectivity index (χ2n) is 6.66. The number of carbonyl (C=O) groups excluding carboxylic acids is 1. The Morgan fingerprint density at radius 1 is 1.10 bits per heavy atom. The van der Waals surface area contributed by atoms with Gasteiger partial charge in [0.15, 0.2) is 0 Å². The monoisotopic (exact) mass is 444 g/mol. The number of benzene rings is 1. The minimum Gasteiger partial charge on any atom is -0.435 e. The molecule has 0 saturated carbocycles. The fraction of sp³-hybridized carbons (Fsp3) is 0.421. The highest BCUT2D eigenvalue weighted by atomic mass is 32.2. The molecule has 1 fully saturated rings. The SMILES string of the molecule is O=C(Cc1ccc(S(=O)(=O)N2CCCCC2)s1)NCc1ccc(OC(F)F)cc1. The first-order chi connectivity index (χ1) is 13.8. The molecule has 2 aromatic rings. The van der Waals surface area contributed by atoms with E-state index in [-0.39, 0.29) is 28.8 Å². The lowest BCUT2D eigenvalue weighted by atomic mass is 10.2. The van der Waals surface area contributed by atoms with E-state index in [1.807, 2.05) is 0 Å². The molecule has 6 nitrogen and oxygen atoms in total. The number of piperidine rings is 1. The summed E-state index contributed by atoms with van der Waals surface area (Å²) in [4.78, 5) is 12.8. The highest BCUT2D eigenvalue weighted by molar-refractivity contribution is 7.91. The van der Waals surface area contributed by atoms with Crippen molar-refractivity contribution in [2.75, 3.05) is 13.1 Å². The second kappa shape index (κ2) is 9.64. The number of nitrogens with zero attached hydrogens (tertiary/aromatic N) is 1. The average molecular weight is 445 g/mol. The molecule has 29 heavy (non-hydrogen) atoms. The third kappa shape index (κ3) is 5.97. The molecule has 2 heterocycles. The third-order valence-corrected chi connectivity index (χ3v) is 7.97. The van der Waals surface area contributed by atoms with E-state index in [0.29, 0.717) is 18.0 Å². The van der Waals surface area contributed by atoms with E-state index < -0.39 is 16.6 Å². The summed E-state index contributed by atoms with van der Waals surface area (Å²) in [6.07, 6.45) is 2.86. The van der Waals surface area contributed by atoms with Gasteiger partial charge in [0.05, 0.1) is 6.42 Å². The Morgan fingerprint density at radius 3 is 2.45 bits per heavy atom. The van der Waals surface area contributed by atoms with Crippen LogP contribution in [0.5, 0.6) is 5.75 Å². The lowest BCUT2D eigenvalue weighted by Gasteiger charge is -2.25. The lowest BCUT2D eigenvalue weighted by Crippen LogP contribution is -2.35. The molecule has 0 spiro atoms. The maximum atomic E-state index is 12.7. The molecule has 3 rings (SSSR count). The number of thiophene rings is 1. The van der Waals surface area contributed by atoms with E-state index in [9.17, 15) is 22.0 Å². The standard InChI is InChI=1S/C19H22F2N2O4S2/c20-19(21)27-15-6-4-14(5-7-15)13-22-17(24)12-16-8-9-18(28-16)29(25,26)23-10-2-1-3-11-23/h4-9,19H,1-3,10-13H2,(H,22,24). The Labute approximate surface area is 172 Å². The summed E-state index contributed by atoms with van der Waals surface area (Å²) in [6.45, 7) is -1.57. The number of halogens is 2. The summed E-state index contributed by atoms with van der Waals surface area (Å²) >= 11 is 1.11. The van der Waals surface area contributed by atoms with Crippen LogP contribution >= 0.6 is 11.3 Å². The highest BCUT2D eigenvalue weighted by Gasteiger charge is 2.27. The van der Waals surface area contributed by atoms with Gasteiger partial charge in [-0.3, -0.25) is 4.79 Å². The van der Waals surface area contributed by atoms with Crippen LogP contribution in [0.2, 0.25) is 0 Å². The van der Waals surface area contributed by atoms with Crippen molar-refractivity contribution in [3.8, 4) is 5.75 Å². The first-order valence-electron chi connectivity index (χ1n) is 9.24. The van der Waals surface area contributed by atoms with E-state index in [1.54, 1.807) is 24.3 Å². The number of amides is 1. The Balaban J connectivity index is 1.52. The number of nitrogens with one attached hydrogen (secondary N) is 1. The van der Waals surface area contributed by atoms with E-state index in [4.69, 9.17) is 0 Å². The molecule has 10 heteroatoms. The number of carbonyl (C=O) groups is 1. The van der Waals surface area contributed by atoms with Crippen molar-refractivity contribution in [1.29, 1.82) is 0 Å². The second-order valence-corrected chi connectivity index (χ2v) is 9.99. The van der Waals surface area contributed by atoms with Crippen LogP contribution in [-0.2, 0) is 27.8 Å². The first-order valence-corrected chi connectivity index (χ1v) is 11.5. The molecule has 1 aromatic heterocycles. The van der Waals surface area contributed by atoms with Gasteiger partial charge in [0.25, 0.3) is 10.0 Å². The smallest absolute Gasteiger partial charge is 0.387 e. The van der Waals surface area contributed by atoms with Crippen molar-refractivity contribution >= 4 is 27.3 Å². The summed E-state index contributed by atoms with van der Waals surface area (Å²) in [5, 5.41) is 2.74. The van der Waals surface area contributed by atoms with E-state index in [1.165, 1.54) is 16.4 Å². The number of ether oxygens (including phenoxy) is 1. The van der Waals surface area contributed by atoms with Gasteiger partial charge in [-0.15, -0.1) is 11.3 Å². The maximum absolute atomic E-state index is 12.7. The van der Waals surface area contributed by atoms with Crippen LogP contribution in [0, 0.1) is 0 Å². The number of sulfonamides is 1. The third-order valence-electron chi connectivity index (χ3n) is 4.52. The topological polar surface area (TPSA) is 75.7 Å². The van der Waals surface area contributed by atoms with Crippen molar-refractivity contribution in [2.24, 2.45) is 0 Å². The van der Waals surface area contributed by atoms with Crippen molar-refractivity contribution in [3.05, 3.63) is 46.8 Å². The minimum atomic E-state index is -3.49. The maximum Gasteiger partial charge on any atom is 0.387 e. The predicted octanol–water partition coefficient (Wildman–Crippen LogP) is 3.38. The predicted molar refractivity (Wildman–Crippen MR) is 106 cm³/mol. The zero-order valence-corrected chi connectivity index (χ0v) is 17.3. The van der Waals surface area contributed by atoms with Crippen molar-refractivity contribution in [3.63, 3.8) is 0 Å². The van der Waals surface area contributed by atoms with Crippen LogP contribution in [0.1, 0.15) is 29.7 Å². The Morgan fingerprint density at radius 2 is 1.79 bits per heavy atom. The quantitative estimate of drug-likeness (QED) is 0.677. The zero-order chi connectivity index (χ0) is 20.9. The Bertz CT molecular complexity index is 924. The molecule has 1 amide bonds. The average Bonchev–Trinajstić information content (AvgIpc) is 3.17. The summed E-state index contributed by atoms with van der Waals surface area (Å²) in [7, 11) is -3.49. The first kappa shape index (κ1) is 21.7. The van der Waals surface area contributed by atoms with Crippen LogP contribution in [0.25, 0.3) is 0 Å². The molecule has 1 aliphatic heterocycles. The molecular formula is C19H22F2N2O4S2. The molecule has 0 atom stereocenters. The normalized spacial score (nSPS) is 15.4. The molecule has 1 aliphatic rings.